The first-order valence-corrected chi connectivity index (χ1v) is 10.4. The summed E-state index contributed by atoms with van der Waals surface area (Å²) in [6.07, 6.45) is 3.70. The minimum Gasteiger partial charge on any atom is -0.457 e. The molecule has 1 heterocycles. The average Bonchev–Trinajstić information content (AvgIpc) is 2.81. The second kappa shape index (κ2) is 9.34. The van der Waals surface area contributed by atoms with E-state index in [1.54, 1.807) is 48.5 Å². The molecule has 1 aliphatic rings. The van der Waals surface area contributed by atoms with Crippen molar-refractivity contribution < 1.29 is 14.3 Å². The van der Waals surface area contributed by atoms with Gasteiger partial charge in [0.1, 0.15) is 11.5 Å². The van der Waals surface area contributed by atoms with Gasteiger partial charge in [-0.15, -0.1) is 0 Å². The monoisotopic (exact) mass is 415 g/mol. The van der Waals surface area contributed by atoms with Gasteiger partial charge < -0.3 is 20.7 Å². The third kappa shape index (κ3) is 5.22. The van der Waals surface area contributed by atoms with Crippen molar-refractivity contribution in [1.82, 2.24) is 0 Å². The number of rotatable bonds is 6. The summed E-state index contributed by atoms with van der Waals surface area (Å²) >= 11 is 0. The van der Waals surface area contributed by atoms with Crippen molar-refractivity contribution in [2.75, 3.05) is 23.3 Å². The Balaban J connectivity index is 1.38. The summed E-state index contributed by atoms with van der Waals surface area (Å²) < 4.78 is 5.76. The summed E-state index contributed by atoms with van der Waals surface area (Å²) in [5, 5.41) is 2.97. The maximum atomic E-state index is 12.7. The van der Waals surface area contributed by atoms with Gasteiger partial charge in [0.2, 0.25) is 5.91 Å². The molecule has 0 bridgehead atoms. The molecule has 1 aliphatic heterocycles. The third-order valence-corrected chi connectivity index (χ3v) is 5.32. The molecule has 0 radical (unpaired) electrons. The zero-order chi connectivity index (χ0) is 21.6. The van der Waals surface area contributed by atoms with Crippen LogP contribution in [0.3, 0.4) is 0 Å². The van der Waals surface area contributed by atoms with Crippen LogP contribution < -0.4 is 20.7 Å². The van der Waals surface area contributed by atoms with Gasteiger partial charge in [-0.1, -0.05) is 6.07 Å². The molecule has 0 spiro atoms. The van der Waals surface area contributed by atoms with E-state index in [-0.39, 0.29) is 5.91 Å². The Kier molecular flexibility index (Phi) is 6.17. The highest BCUT2D eigenvalue weighted by Crippen LogP contribution is 2.25. The summed E-state index contributed by atoms with van der Waals surface area (Å²) in [5.74, 6) is 0.517. The molecule has 2 amide bonds. The number of hydrogen-bond donors (Lipinski definition) is 2. The van der Waals surface area contributed by atoms with Crippen LogP contribution in [-0.2, 0) is 0 Å². The summed E-state index contributed by atoms with van der Waals surface area (Å²) in [4.78, 5) is 26.2. The number of piperidine rings is 1. The van der Waals surface area contributed by atoms with E-state index in [9.17, 15) is 9.59 Å². The maximum absolute atomic E-state index is 12.7. The predicted octanol–water partition coefficient (Wildman–Crippen LogP) is 4.82. The van der Waals surface area contributed by atoms with E-state index in [1.165, 1.54) is 19.3 Å². The van der Waals surface area contributed by atoms with Crippen molar-refractivity contribution in [2.45, 2.75) is 19.3 Å². The van der Waals surface area contributed by atoms with Crippen molar-refractivity contribution in [3.8, 4) is 11.5 Å². The number of benzene rings is 3. The molecular formula is C25H25N3O3. The zero-order valence-corrected chi connectivity index (χ0v) is 17.2. The van der Waals surface area contributed by atoms with E-state index in [1.807, 2.05) is 18.2 Å². The topological polar surface area (TPSA) is 84.7 Å². The number of nitrogens with one attached hydrogen (secondary N) is 1. The Morgan fingerprint density at radius 3 is 2.03 bits per heavy atom. The number of nitrogens with zero attached hydrogens (tertiary/aromatic N) is 1. The molecule has 0 aromatic heterocycles. The molecule has 3 N–H and O–H groups in total. The summed E-state index contributed by atoms with van der Waals surface area (Å²) in [6, 6.07) is 21.5. The first kappa shape index (κ1) is 20.5. The van der Waals surface area contributed by atoms with E-state index >= 15 is 0 Å². The molecule has 3 aromatic carbocycles. The molecule has 4 rings (SSSR count). The van der Waals surface area contributed by atoms with Gasteiger partial charge in [-0.2, -0.15) is 0 Å². The fourth-order valence-electron chi connectivity index (χ4n) is 3.63. The molecule has 0 atom stereocenters. The minimum absolute atomic E-state index is 0.173. The number of hydrogen-bond acceptors (Lipinski definition) is 4. The number of carbonyl (C=O) groups excluding carboxylic acids is 2. The van der Waals surface area contributed by atoms with Crippen LogP contribution in [0.1, 0.15) is 40.0 Å². The van der Waals surface area contributed by atoms with Gasteiger partial charge in [0.05, 0.1) is 0 Å². The molecular weight excluding hydrogens is 390 g/mol. The quantitative estimate of drug-likeness (QED) is 0.604. The van der Waals surface area contributed by atoms with E-state index in [2.05, 4.69) is 16.3 Å². The van der Waals surface area contributed by atoms with Crippen molar-refractivity contribution in [3.63, 3.8) is 0 Å². The van der Waals surface area contributed by atoms with Crippen LogP contribution in [0.15, 0.2) is 72.8 Å². The molecule has 1 saturated heterocycles. The Morgan fingerprint density at radius 2 is 1.42 bits per heavy atom. The molecule has 0 aliphatic carbocycles. The van der Waals surface area contributed by atoms with E-state index in [4.69, 9.17) is 10.5 Å². The largest absolute Gasteiger partial charge is 0.457 e. The molecule has 6 nitrogen and oxygen atoms in total. The Morgan fingerprint density at radius 1 is 0.806 bits per heavy atom. The van der Waals surface area contributed by atoms with Crippen LogP contribution in [0.5, 0.6) is 11.5 Å². The number of primary amides is 1. The molecule has 3 aromatic rings. The van der Waals surface area contributed by atoms with Gasteiger partial charge in [0.15, 0.2) is 0 Å². The molecule has 0 unspecified atom stereocenters. The van der Waals surface area contributed by atoms with Crippen molar-refractivity contribution in [3.05, 3.63) is 83.9 Å². The minimum atomic E-state index is -0.483. The van der Waals surface area contributed by atoms with Crippen LogP contribution in [0, 0.1) is 0 Å². The number of anilines is 2. The third-order valence-electron chi connectivity index (χ3n) is 5.32. The summed E-state index contributed by atoms with van der Waals surface area (Å²) in [7, 11) is 0. The van der Waals surface area contributed by atoms with E-state index < -0.39 is 5.91 Å². The highest BCUT2D eigenvalue weighted by molar-refractivity contribution is 6.04. The maximum Gasteiger partial charge on any atom is 0.255 e. The van der Waals surface area contributed by atoms with Gasteiger partial charge in [0.25, 0.3) is 5.91 Å². The van der Waals surface area contributed by atoms with E-state index in [0.717, 1.165) is 24.5 Å². The van der Waals surface area contributed by atoms with Crippen molar-refractivity contribution in [1.29, 1.82) is 0 Å². The number of amides is 2. The zero-order valence-electron chi connectivity index (χ0n) is 17.2. The fraction of sp³-hybridized carbons (Fsp3) is 0.200. The molecule has 6 heteroatoms. The first-order chi connectivity index (χ1) is 15.1. The van der Waals surface area contributed by atoms with Gasteiger partial charge in [-0.3, -0.25) is 9.59 Å². The molecule has 158 valence electrons. The smallest absolute Gasteiger partial charge is 0.255 e. The lowest BCUT2D eigenvalue weighted by molar-refractivity contribution is 0.0997. The number of nitrogens with two attached hydrogens (primary N) is 1. The van der Waals surface area contributed by atoms with Gasteiger partial charge in [-0.25, -0.2) is 0 Å². The lowest BCUT2D eigenvalue weighted by Gasteiger charge is -2.29. The summed E-state index contributed by atoms with van der Waals surface area (Å²) in [6.45, 7) is 2.12. The van der Waals surface area contributed by atoms with E-state index in [0.29, 0.717) is 22.6 Å². The van der Waals surface area contributed by atoms with Gasteiger partial charge in [0, 0.05) is 35.6 Å². The average molecular weight is 415 g/mol. The first-order valence-electron chi connectivity index (χ1n) is 10.4. The van der Waals surface area contributed by atoms with Crippen LogP contribution in [0.25, 0.3) is 0 Å². The van der Waals surface area contributed by atoms with Crippen LogP contribution >= 0.6 is 0 Å². The van der Waals surface area contributed by atoms with Crippen molar-refractivity contribution >= 4 is 23.2 Å². The lowest BCUT2D eigenvalue weighted by atomic mass is 10.1. The number of ether oxygens (including phenoxy) is 1. The second-order valence-corrected chi connectivity index (χ2v) is 7.57. The van der Waals surface area contributed by atoms with Crippen LogP contribution in [-0.4, -0.2) is 24.9 Å². The molecule has 0 saturated carbocycles. The summed E-state index contributed by atoms with van der Waals surface area (Å²) in [5.41, 5.74) is 8.13. The predicted molar refractivity (Wildman–Crippen MR) is 122 cm³/mol. The molecule has 31 heavy (non-hydrogen) atoms. The van der Waals surface area contributed by atoms with Gasteiger partial charge >= 0.3 is 0 Å². The van der Waals surface area contributed by atoms with Crippen LogP contribution in [0.2, 0.25) is 0 Å². The lowest BCUT2D eigenvalue weighted by Crippen LogP contribution is -2.29. The number of carbonyl (C=O) groups is 2. The van der Waals surface area contributed by atoms with Crippen LogP contribution in [0.4, 0.5) is 11.4 Å². The normalized spacial score (nSPS) is 13.5. The Bertz CT molecular complexity index is 1060. The SMILES string of the molecule is NC(=O)c1ccc(Oc2ccc(C(=O)Nc3cccc(N4CCCCC4)c3)cc2)cc1. The van der Waals surface area contributed by atoms with Gasteiger partial charge in [-0.05, 0) is 86.0 Å². The Labute approximate surface area is 181 Å². The van der Waals surface area contributed by atoms with Crippen molar-refractivity contribution in [2.24, 2.45) is 5.73 Å². The standard InChI is InChI=1S/C25H25N3O3/c26-24(29)18-7-11-22(12-8-18)31-23-13-9-19(10-14-23)25(30)27-20-5-4-6-21(17-20)28-15-2-1-3-16-28/h4-14,17H,1-3,15-16H2,(H2,26,29)(H,27,30). The highest BCUT2D eigenvalue weighted by Gasteiger charge is 2.12. The second-order valence-electron chi connectivity index (χ2n) is 7.57. The highest BCUT2D eigenvalue weighted by atomic mass is 16.5. The Hall–Kier alpha value is -3.80. The fourth-order valence-corrected chi connectivity index (χ4v) is 3.63. The molecule has 1 fully saturated rings.